The molecule has 0 radical (unpaired) electrons. The third-order valence-corrected chi connectivity index (χ3v) is 7.68. The topological polar surface area (TPSA) is 101 Å². The Morgan fingerprint density at radius 1 is 1.21 bits per heavy atom. The molecule has 4 atom stereocenters. The molecule has 3 fully saturated rings. The van der Waals surface area contributed by atoms with Gasteiger partial charge >= 0.3 is 0 Å². The number of fused-ring (bicyclic) bond motifs is 1. The van der Waals surface area contributed by atoms with Gasteiger partial charge in [-0.25, -0.2) is 17.8 Å². The standard InChI is InChI=1S/C19H26N6O2S/c1-12-19-16(23-22-12)3-2-4-17(19)24-28(26,27)15-10-21-25(11-15)14-7-8-20-18(9-14)13-5-6-13/h7-13,16-17,19,22-24H,2-6H2,1H3. The van der Waals surface area contributed by atoms with Crippen molar-refractivity contribution in [1.82, 2.24) is 30.3 Å². The Hall–Kier alpha value is -1.81. The van der Waals surface area contributed by atoms with Gasteiger partial charge in [0, 0.05) is 41.9 Å². The summed E-state index contributed by atoms with van der Waals surface area (Å²) >= 11 is 0. The lowest BCUT2D eigenvalue weighted by Gasteiger charge is -2.34. The minimum absolute atomic E-state index is 0.0769. The van der Waals surface area contributed by atoms with Crippen molar-refractivity contribution in [2.45, 2.75) is 68.0 Å². The van der Waals surface area contributed by atoms with Crippen LogP contribution in [0.1, 0.15) is 50.6 Å². The Balaban J connectivity index is 1.36. The highest BCUT2D eigenvalue weighted by molar-refractivity contribution is 7.89. The molecule has 8 nitrogen and oxygen atoms in total. The van der Waals surface area contributed by atoms with Crippen molar-refractivity contribution in [2.24, 2.45) is 5.92 Å². The van der Waals surface area contributed by atoms with E-state index in [9.17, 15) is 8.42 Å². The van der Waals surface area contributed by atoms with Crippen molar-refractivity contribution < 1.29 is 8.42 Å². The third kappa shape index (κ3) is 3.36. The van der Waals surface area contributed by atoms with Crippen LogP contribution in [-0.4, -0.2) is 41.3 Å². The summed E-state index contributed by atoms with van der Waals surface area (Å²) in [6.45, 7) is 2.10. The Labute approximate surface area is 165 Å². The molecular weight excluding hydrogens is 376 g/mol. The zero-order valence-corrected chi connectivity index (χ0v) is 16.7. The van der Waals surface area contributed by atoms with E-state index in [1.807, 2.05) is 12.1 Å². The molecule has 0 amide bonds. The van der Waals surface area contributed by atoms with Crippen LogP contribution < -0.4 is 15.6 Å². The van der Waals surface area contributed by atoms with E-state index in [0.29, 0.717) is 12.0 Å². The maximum absolute atomic E-state index is 13.0. The number of hydrogen-bond acceptors (Lipinski definition) is 6. The largest absolute Gasteiger partial charge is 0.261 e. The number of pyridine rings is 1. The summed E-state index contributed by atoms with van der Waals surface area (Å²) in [5, 5.41) is 4.29. The lowest BCUT2D eigenvalue weighted by Crippen LogP contribution is -2.49. The second kappa shape index (κ2) is 6.91. The summed E-state index contributed by atoms with van der Waals surface area (Å²) in [7, 11) is -3.63. The average Bonchev–Trinajstić information content (AvgIpc) is 3.28. The van der Waals surface area contributed by atoms with Crippen LogP contribution in [0, 0.1) is 5.92 Å². The van der Waals surface area contributed by atoms with Crippen molar-refractivity contribution in [3.63, 3.8) is 0 Å². The van der Waals surface area contributed by atoms with Gasteiger partial charge in [0.25, 0.3) is 0 Å². The molecule has 28 heavy (non-hydrogen) atoms. The van der Waals surface area contributed by atoms with Gasteiger partial charge in [0.15, 0.2) is 0 Å². The van der Waals surface area contributed by atoms with Gasteiger partial charge in [-0.3, -0.25) is 15.8 Å². The first-order chi connectivity index (χ1) is 13.5. The molecule has 4 unspecified atom stereocenters. The second-order valence-electron chi connectivity index (χ2n) is 8.25. The van der Waals surface area contributed by atoms with E-state index in [-0.39, 0.29) is 22.9 Å². The van der Waals surface area contributed by atoms with Gasteiger partial charge in [-0.15, -0.1) is 0 Å². The van der Waals surface area contributed by atoms with E-state index in [0.717, 1.165) is 30.6 Å². The molecule has 2 aromatic rings. The number of hydrogen-bond donors (Lipinski definition) is 3. The monoisotopic (exact) mass is 402 g/mol. The van der Waals surface area contributed by atoms with E-state index >= 15 is 0 Å². The van der Waals surface area contributed by atoms with Gasteiger partial charge < -0.3 is 0 Å². The van der Waals surface area contributed by atoms with Crippen molar-refractivity contribution in [1.29, 1.82) is 0 Å². The van der Waals surface area contributed by atoms with Crippen LogP contribution in [0.3, 0.4) is 0 Å². The molecule has 2 saturated carbocycles. The molecule has 3 aliphatic rings. The van der Waals surface area contributed by atoms with Gasteiger partial charge in [0.1, 0.15) is 4.90 Å². The predicted octanol–water partition coefficient (Wildman–Crippen LogP) is 1.46. The fourth-order valence-electron chi connectivity index (χ4n) is 4.60. The van der Waals surface area contributed by atoms with Gasteiger partial charge in [0.2, 0.25) is 10.0 Å². The molecule has 0 spiro atoms. The van der Waals surface area contributed by atoms with Gasteiger partial charge in [-0.1, -0.05) is 6.42 Å². The number of nitrogens with one attached hydrogen (secondary N) is 3. The summed E-state index contributed by atoms with van der Waals surface area (Å²) in [6, 6.07) is 4.33. The SMILES string of the molecule is CC1NNC2CCCC(NS(=O)(=O)c3cnn(-c4ccnc(C5CC5)c4)c3)C12. The predicted molar refractivity (Wildman–Crippen MR) is 104 cm³/mol. The maximum Gasteiger partial charge on any atom is 0.243 e. The molecule has 0 bridgehead atoms. The average molecular weight is 403 g/mol. The number of nitrogens with zero attached hydrogens (tertiary/aromatic N) is 3. The number of sulfonamides is 1. The van der Waals surface area contributed by atoms with E-state index < -0.39 is 10.0 Å². The normalized spacial score (nSPS) is 30.3. The van der Waals surface area contributed by atoms with Crippen LogP contribution in [-0.2, 0) is 10.0 Å². The first-order valence-electron chi connectivity index (χ1n) is 10.1. The number of rotatable bonds is 5. The molecular formula is C19H26N6O2S. The molecule has 3 heterocycles. The second-order valence-corrected chi connectivity index (χ2v) is 9.97. The van der Waals surface area contributed by atoms with E-state index in [1.54, 1.807) is 17.1 Å². The van der Waals surface area contributed by atoms with Crippen LogP contribution in [0.15, 0.2) is 35.6 Å². The lowest BCUT2D eigenvalue weighted by molar-refractivity contribution is 0.255. The zero-order chi connectivity index (χ0) is 19.3. The molecule has 9 heteroatoms. The molecule has 3 N–H and O–H groups in total. The van der Waals surface area contributed by atoms with Crippen molar-refractivity contribution in [3.05, 3.63) is 36.4 Å². The highest BCUT2D eigenvalue weighted by Gasteiger charge is 2.42. The Bertz CT molecular complexity index is 968. The Morgan fingerprint density at radius 3 is 2.89 bits per heavy atom. The quantitative estimate of drug-likeness (QED) is 0.700. The summed E-state index contributed by atoms with van der Waals surface area (Å²) in [4.78, 5) is 4.61. The summed E-state index contributed by atoms with van der Waals surface area (Å²) < 4.78 is 30.6. The van der Waals surface area contributed by atoms with Crippen LogP contribution in [0.25, 0.3) is 5.69 Å². The Morgan fingerprint density at radius 2 is 2.07 bits per heavy atom. The zero-order valence-electron chi connectivity index (χ0n) is 15.9. The summed E-state index contributed by atoms with van der Waals surface area (Å²) in [5.74, 6) is 0.787. The van der Waals surface area contributed by atoms with Crippen LogP contribution in [0.5, 0.6) is 0 Å². The molecule has 0 aromatic carbocycles. The van der Waals surface area contributed by atoms with Crippen molar-refractivity contribution in [2.75, 3.05) is 0 Å². The summed E-state index contributed by atoms with van der Waals surface area (Å²) in [5.41, 5.74) is 8.45. The number of aromatic nitrogens is 3. The van der Waals surface area contributed by atoms with Crippen LogP contribution in [0.4, 0.5) is 0 Å². The number of hydrazine groups is 1. The molecule has 150 valence electrons. The third-order valence-electron chi connectivity index (χ3n) is 6.23. The molecule has 2 aromatic heterocycles. The first-order valence-corrected chi connectivity index (χ1v) is 11.5. The highest BCUT2D eigenvalue weighted by atomic mass is 32.2. The molecule has 1 aliphatic heterocycles. The fraction of sp³-hybridized carbons (Fsp3) is 0.579. The summed E-state index contributed by atoms with van der Waals surface area (Å²) in [6.07, 6.45) is 10.1. The van der Waals surface area contributed by atoms with Crippen molar-refractivity contribution in [3.8, 4) is 5.69 Å². The minimum atomic E-state index is -3.63. The van der Waals surface area contributed by atoms with Crippen molar-refractivity contribution >= 4 is 10.0 Å². The molecule has 5 rings (SSSR count). The van der Waals surface area contributed by atoms with Gasteiger partial charge in [-0.2, -0.15) is 5.10 Å². The Kier molecular flexibility index (Phi) is 4.50. The van der Waals surface area contributed by atoms with Gasteiger partial charge in [-0.05, 0) is 44.7 Å². The fourth-order valence-corrected chi connectivity index (χ4v) is 5.83. The first kappa shape index (κ1) is 18.2. The minimum Gasteiger partial charge on any atom is -0.261 e. The highest BCUT2D eigenvalue weighted by Crippen LogP contribution is 2.39. The van der Waals surface area contributed by atoms with Gasteiger partial charge in [0.05, 0.1) is 18.1 Å². The van der Waals surface area contributed by atoms with Crippen LogP contribution >= 0.6 is 0 Å². The maximum atomic E-state index is 13.0. The van der Waals surface area contributed by atoms with E-state index in [1.165, 1.54) is 19.0 Å². The van der Waals surface area contributed by atoms with E-state index in [4.69, 9.17) is 0 Å². The molecule has 1 saturated heterocycles. The smallest absolute Gasteiger partial charge is 0.243 e. The van der Waals surface area contributed by atoms with Crippen LogP contribution in [0.2, 0.25) is 0 Å². The van der Waals surface area contributed by atoms with E-state index in [2.05, 4.69) is 32.6 Å². The lowest BCUT2D eigenvalue weighted by atomic mass is 9.79. The molecule has 2 aliphatic carbocycles.